The van der Waals surface area contributed by atoms with E-state index in [0.29, 0.717) is 0 Å². The molecule has 0 unspecified atom stereocenters. The summed E-state index contributed by atoms with van der Waals surface area (Å²) < 4.78 is 9.64. The van der Waals surface area contributed by atoms with E-state index in [1.54, 1.807) is 0 Å². The minimum absolute atomic E-state index is 0. The molecule has 0 saturated heterocycles. The zero-order valence-electron chi connectivity index (χ0n) is 20.8. The van der Waals surface area contributed by atoms with Crippen LogP contribution in [0.3, 0.4) is 0 Å². The summed E-state index contributed by atoms with van der Waals surface area (Å²) in [5, 5.41) is 0. The Bertz CT molecular complexity index is 446. The molecule has 0 aliphatic heterocycles. The number of hydrogen-bond donors (Lipinski definition) is 0. The second-order valence-corrected chi connectivity index (χ2v) is 30.1. The molecular formula is C19H46MgN3Si4+. The van der Waals surface area contributed by atoms with E-state index in [-0.39, 0.29) is 23.1 Å². The van der Waals surface area contributed by atoms with E-state index in [1.165, 1.54) is 11.4 Å². The van der Waals surface area contributed by atoms with Crippen molar-refractivity contribution in [3.8, 4) is 0 Å². The van der Waals surface area contributed by atoms with Gasteiger partial charge in [0.25, 0.3) is 0 Å². The van der Waals surface area contributed by atoms with E-state index < -0.39 is 32.9 Å². The monoisotopic (exact) mass is 452 g/mol. The summed E-state index contributed by atoms with van der Waals surface area (Å²) in [6, 6.07) is 6.14. The zero-order chi connectivity index (χ0) is 21.4. The minimum Gasteiger partial charge on any atom is -0.668 e. The van der Waals surface area contributed by atoms with Crippen molar-refractivity contribution in [3.05, 3.63) is 38.9 Å². The third kappa shape index (κ3) is 31.6. The number of pyridine rings is 1. The van der Waals surface area contributed by atoms with Crippen molar-refractivity contribution in [2.24, 2.45) is 0 Å². The van der Waals surface area contributed by atoms with Crippen LogP contribution >= 0.6 is 0 Å². The van der Waals surface area contributed by atoms with Gasteiger partial charge in [0, 0.05) is 26.0 Å². The van der Waals surface area contributed by atoms with Gasteiger partial charge in [0.2, 0.25) is 0 Å². The second-order valence-electron chi connectivity index (χ2n) is 10.9. The van der Waals surface area contributed by atoms with E-state index in [2.05, 4.69) is 83.5 Å². The van der Waals surface area contributed by atoms with Gasteiger partial charge in [-0.3, -0.25) is 0 Å². The van der Waals surface area contributed by atoms with Crippen LogP contribution < -0.4 is 4.98 Å². The molecule has 1 aromatic heterocycles. The average Bonchev–Trinajstić information content (AvgIpc) is 2.18. The van der Waals surface area contributed by atoms with E-state index in [4.69, 9.17) is 9.30 Å². The summed E-state index contributed by atoms with van der Waals surface area (Å²) >= 11 is 0. The van der Waals surface area contributed by atoms with Crippen LogP contribution in [0.2, 0.25) is 78.6 Å². The molecule has 0 saturated carbocycles. The fourth-order valence-electron chi connectivity index (χ4n) is 2.74. The molecule has 1 N–H and O–H groups in total. The molecule has 154 valence electrons. The standard InChI is InChI=1S/C7H9N.2C6H18NSi2.Mg/c1-6-4-3-5-7(2)8-6;2*1-8(2,3)7-9(4,5)6;/h3-5H,1-2H3;2*1-6H3;/q;2*-1;+2/p+1. The van der Waals surface area contributed by atoms with Crippen molar-refractivity contribution in [3.63, 3.8) is 0 Å². The number of H-pyrrole nitrogens is 1. The first kappa shape index (κ1) is 32.4. The first-order valence-corrected chi connectivity index (χ1v) is 23.4. The number of aromatic nitrogens is 1. The van der Waals surface area contributed by atoms with Gasteiger partial charge in [0.05, 0.1) is 0 Å². The molecule has 0 amide bonds. The van der Waals surface area contributed by atoms with Crippen LogP contribution in [-0.4, -0.2) is 56.0 Å². The minimum atomic E-state index is -1.11. The van der Waals surface area contributed by atoms with Gasteiger partial charge in [-0.15, -0.1) is 0 Å². The number of aromatic amines is 1. The summed E-state index contributed by atoms with van der Waals surface area (Å²) in [6.07, 6.45) is 0. The normalized spacial score (nSPS) is 12.1. The molecule has 0 spiro atoms. The van der Waals surface area contributed by atoms with E-state index >= 15 is 0 Å². The van der Waals surface area contributed by atoms with Crippen LogP contribution in [0, 0.1) is 13.8 Å². The molecule has 0 radical (unpaired) electrons. The summed E-state index contributed by atoms with van der Waals surface area (Å²) in [5.41, 5.74) is 2.43. The molecular weight excluding hydrogens is 407 g/mol. The third-order valence-corrected chi connectivity index (χ3v) is 13.2. The second kappa shape index (κ2) is 13.1. The van der Waals surface area contributed by atoms with Crippen molar-refractivity contribution in [2.45, 2.75) is 92.4 Å². The number of rotatable bonds is 4. The fraction of sp³-hybridized carbons (Fsp3) is 0.737. The quantitative estimate of drug-likeness (QED) is 0.451. The largest absolute Gasteiger partial charge is 2.00 e. The summed E-state index contributed by atoms with van der Waals surface area (Å²) in [7, 11) is -4.42. The Kier molecular flexibility index (Phi) is 15.7. The number of hydrogen-bond acceptors (Lipinski definition) is 0. The first-order chi connectivity index (χ1) is 11.2. The Morgan fingerprint density at radius 3 is 0.852 bits per heavy atom. The van der Waals surface area contributed by atoms with Crippen LogP contribution in [0.5, 0.6) is 0 Å². The van der Waals surface area contributed by atoms with Crippen molar-refractivity contribution < 1.29 is 4.98 Å². The topological polar surface area (TPSA) is 42.3 Å². The van der Waals surface area contributed by atoms with Crippen LogP contribution in [0.15, 0.2) is 18.2 Å². The molecule has 0 aliphatic carbocycles. The van der Waals surface area contributed by atoms with Gasteiger partial charge in [-0.1, -0.05) is 112 Å². The van der Waals surface area contributed by atoms with Gasteiger partial charge in [0.1, 0.15) is 0 Å². The van der Waals surface area contributed by atoms with Crippen molar-refractivity contribution in [1.82, 2.24) is 0 Å². The molecule has 8 heteroatoms. The molecule has 3 nitrogen and oxygen atoms in total. The predicted molar refractivity (Wildman–Crippen MR) is 138 cm³/mol. The van der Waals surface area contributed by atoms with E-state index in [1.807, 2.05) is 32.0 Å². The molecule has 0 aliphatic rings. The Balaban J connectivity index is -0.000000314. The average molecular weight is 453 g/mol. The van der Waals surface area contributed by atoms with Gasteiger partial charge >= 0.3 is 23.1 Å². The Labute approximate surface area is 191 Å². The third-order valence-electron chi connectivity index (χ3n) is 2.43. The zero-order valence-corrected chi connectivity index (χ0v) is 26.2. The molecule has 0 fully saturated rings. The van der Waals surface area contributed by atoms with E-state index in [9.17, 15) is 0 Å². The smallest absolute Gasteiger partial charge is 0.668 e. The van der Waals surface area contributed by atoms with Crippen molar-refractivity contribution in [2.75, 3.05) is 0 Å². The predicted octanol–water partition coefficient (Wildman–Crippen LogP) is 6.80. The summed E-state index contributed by atoms with van der Waals surface area (Å²) in [4.78, 5) is 3.17. The maximum atomic E-state index is 4.82. The van der Waals surface area contributed by atoms with Gasteiger partial charge in [-0.2, -0.15) is 0 Å². The van der Waals surface area contributed by atoms with Crippen molar-refractivity contribution >= 4 is 56.0 Å². The van der Waals surface area contributed by atoms with Crippen LogP contribution in [0.25, 0.3) is 9.30 Å². The Morgan fingerprint density at radius 1 is 0.556 bits per heavy atom. The Hall–Kier alpha value is 0.704. The molecule has 0 atom stereocenters. The van der Waals surface area contributed by atoms with Gasteiger partial charge in [-0.05, 0) is 6.07 Å². The fourth-order valence-corrected chi connectivity index (χ4v) is 18.8. The maximum Gasteiger partial charge on any atom is 2.00 e. The summed E-state index contributed by atoms with van der Waals surface area (Å²) in [5.74, 6) is 0. The molecule has 27 heavy (non-hydrogen) atoms. The SMILES string of the molecule is C[Si](C)(C)[N-][Si](C)(C)C.C[Si](C)(C)[N-][Si](C)(C)C.Cc1cccc(C)[nH+]1.[Mg+2]. The molecule has 0 aromatic carbocycles. The van der Waals surface area contributed by atoms with Crippen LogP contribution in [0.4, 0.5) is 0 Å². The summed E-state index contributed by atoms with van der Waals surface area (Å²) in [6.45, 7) is 31.7. The van der Waals surface area contributed by atoms with Gasteiger partial charge < -0.3 is 9.30 Å². The molecule has 0 bridgehead atoms. The van der Waals surface area contributed by atoms with Gasteiger partial charge in [0.15, 0.2) is 11.4 Å². The van der Waals surface area contributed by atoms with Crippen molar-refractivity contribution in [1.29, 1.82) is 0 Å². The number of nitrogens with one attached hydrogen (secondary N) is 1. The van der Waals surface area contributed by atoms with Gasteiger partial charge in [-0.25, -0.2) is 4.98 Å². The number of nitrogens with zero attached hydrogens (tertiary/aromatic N) is 2. The van der Waals surface area contributed by atoms with Crippen LogP contribution in [0.1, 0.15) is 11.4 Å². The Morgan fingerprint density at radius 2 is 0.778 bits per heavy atom. The number of aryl methyl sites for hydroxylation is 2. The molecule has 1 rings (SSSR count). The van der Waals surface area contributed by atoms with Crippen LogP contribution in [-0.2, 0) is 0 Å². The van der Waals surface area contributed by atoms with E-state index in [0.717, 1.165) is 0 Å². The first-order valence-electron chi connectivity index (χ1n) is 9.64. The maximum absolute atomic E-state index is 4.82. The molecule has 1 aromatic rings. The molecule has 1 heterocycles.